The minimum absolute atomic E-state index is 0.0322. The van der Waals surface area contributed by atoms with E-state index in [9.17, 15) is 9.59 Å². The normalized spacial score (nSPS) is 20.8. The molecule has 0 N–H and O–H groups in total. The topological polar surface area (TPSA) is 37.4 Å². The molecule has 1 amide bonds. The van der Waals surface area contributed by atoms with E-state index >= 15 is 0 Å². The van der Waals surface area contributed by atoms with Crippen molar-refractivity contribution in [2.24, 2.45) is 11.3 Å². The van der Waals surface area contributed by atoms with Crippen LogP contribution in [0.4, 0.5) is 0 Å². The van der Waals surface area contributed by atoms with Crippen molar-refractivity contribution in [2.45, 2.75) is 84.6 Å². The van der Waals surface area contributed by atoms with Gasteiger partial charge in [-0.3, -0.25) is 9.59 Å². The van der Waals surface area contributed by atoms with Crippen LogP contribution in [0.1, 0.15) is 78.8 Å². The van der Waals surface area contributed by atoms with Crippen molar-refractivity contribution in [3.05, 3.63) is 70.2 Å². The van der Waals surface area contributed by atoms with Crippen LogP contribution >= 0.6 is 35.0 Å². The standard InChI is InChI=1S/C24H36ClNO2S.C6H5Cl/c1-7-20(27)14-24(6)13-12-21(18-8-10-19(25)11-9-18)26(23(24)28)22(16(2)3)15-29-17(4)5;7-6-4-2-1-3-5-6/h8-11,16-17,21-22H,7,12-15H2,1-6H3;1-5H. The molecule has 198 valence electrons. The zero-order valence-corrected chi connectivity index (χ0v) is 24.8. The molecule has 1 aliphatic heterocycles. The highest BCUT2D eigenvalue weighted by Crippen LogP contribution is 2.45. The van der Waals surface area contributed by atoms with Crippen LogP contribution in [0.5, 0.6) is 0 Å². The summed E-state index contributed by atoms with van der Waals surface area (Å²) in [4.78, 5) is 28.3. The molecule has 0 aliphatic carbocycles. The Labute approximate surface area is 232 Å². The molecule has 1 aliphatic rings. The molecule has 36 heavy (non-hydrogen) atoms. The molecule has 1 fully saturated rings. The summed E-state index contributed by atoms with van der Waals surface area (Å²) in [5, 5.41) is 2.01. The predicted molar refractivity (Wildman–Crippen MR) is 156 cm³/mol. The molecule has 3 unspecified atom stereocenters. The van der Waals surface area contributed by atoms with E-state index in [-0.39, 0.29) is 23.8 Å². The van der Waals surface area contributed by atoms with Crippen molar-refractivity contribution in [3.8, 4) is 0 Å². The molecule has 3 nitrogen and oxygen atoms in total. The first kappa shape index (κ1) is 30.7. The highest BCUT2D eigenvalue weighted by molar-refractivity contribution is 7.99. The number of halogens is 2. The van der Waals surface area contributed by atoms with Gasteiger partial charge in [-0.2, -0.15) is 11.8 Å². The van der Waals surface area contributed by atoms with Crippen LogP contribution in [0, 0.1) is 11.3 Å². The summed E-state index contributed by atoms with van der Waals surface area (Å²) in [5.74, 6) is 1.55. The number of rotatable bonds is 9. The van der Waals surface area contributed by atoms with E-state index in [0.29, 0.717) is 29.0 Å². The lowest BCUT2D eigenvalue weighted by molar-refractivity contribution is -0.156. The number of thioether (sulfide) groups is 1. The average Bonchev–Trinajstić information content (AvgIpc) is 2.83. The fourth-order valence-electron chi connectivity index (χ4n) is 4.57. The third kappa shape index (κ3) is 8.82. The fourth-order valence-corrected chi connectivity index (χ4v) is 5.97. The molecule has 0 spiro atoms. The van der Waals surface area contributed by atoms with Gasteiger partial charge in [-0.15, -0.1) is 0 Å². The van der Waals surface area contributed by atoms with E-state index in [2.05, 4.69) is 32.6 Å². The molecule has 0 aromatic heterocycles. The van der Waals surface area contributed by atoms with Crippen molar-refractivity contribution < 1.29 is 9.59 Å². The Hall–Kier alpha value is -1.49. The SMILES string of the molecule is CCC(=O)CC1(C)CCC(c2ccc(Cl)cc2)N(C(CSC(C)C)C(C)C)C1=O.Clc1ccccc1. The van der Waals surface area contributed by atoms with Gasteiger partial charge in [0.05, 0.1) is 11.5 Å². The van der Waals surface area contributed by atoms with Crippen molar-refractivity contribution in [3.63, 3.8) is 0 Å². The highest BCUT2D eigenvalue weighted by Gasteiger charge is 2.47. The quantitative estimate of drug-likeness (QED) is 0.313. The van der Waals surface area contributed by atoms with Gasteiger partial charge in [0.15, 0.2) is 0 Å². The molecule has 0 bridgehead atoms. The third-order valence-corrected chi connectivity index (χ3v) is 8.46. The monoisotopic (exact) mass is 549 g/mol. The zero-order chi connectivity index (χ0) is 26.9. The number of Topliss-reactive ketones (excluding diaryl/α,β-unsaturated/α-hetero) is 1. The van der Waals surface area contributed by atoms with Crippen LogP contribution in [0.2, 0.25) is 10.0 Å². The number of benzene rings is 2. The number of nitrogens with zero attached hydrogens (tertiary/aromatic N) is 1. The lowest BCUT2D eigenvalue weighted by Gasteiger charge is -2.49. The van der Waals surface area contributed by atoms with E-state index in [0.717, 1.165) is 29.2 Å². The second kappa shape index (κ2) is 14.4. The summed E-state index contributed by atoms with van der Waals surface area (Å²) < 4.78 is 0. The molecular weight excluding hydrogens is 509 g/mol. The summed E-state index contributed by atoms with van der Waals surface area (Å²) in [6.07, 6.45) is 2.44. The lowest BCUT2D eigenvalue weighted by Crippen LogP contribution is -2.56. The Morgan fingerprint density at radius 3 is 2.08 bits per heavy atom. The number of carbonyl (C=O) groups excluding carboxylic acids is 2. The van der Waals surface area contributed by atoms with Crippen molar-refractivity contribution in [1.82, 2.24) is 4.90 Å². The molecule has 1 heterocycles. The number of piperidine rings is 1. The summed E-state index contributed by atoms with van der Waals surface area (Å²) in [6.45, 7) is 12.6. The smallest absolute Gasteiger partial charge is 0.229 e. The first-order chi connectivity index (χ1) is 17.0. The molecule has 3 atom stereocenters. The van der Waals surface area contributed by atoms with E-state index in [1.54, 1.807) is 0 Å². The van der Waals surface area contributed by atoms with Crippen molar-refractivity contribution in [2.75, 3.05) is 5.75 Å². The van der Waals surface area contributed by atoms with Crippen molar-refractivity contribution >= 4 is 46.7 Å². The lowest BCUT2D eigenvalue weighted by atomic mass is 9.72. The van der Waals surface area contributed by atoms with E-state index < -0.39 is 5.41 Å². The fraction of sp³-hybridized carbons (Fsp3) is 0.533. The first-order valence-corrected chi connectivity index (χ1v) is 14.7. The Kier molecular flexibility index (Phi) is 12.3. The minimum Gasteiger partial charge on any atom is -0.331 e. The Morgan fingerprint density at radius 1 is 1.03 bits per heavy atom. The first-order valence-electron chi connectivity index (χ1n) is 12.9. The van der Waals surface area contributed by atoms with Gasteiger partial charge >= 0.3 is 0 Å². The van der Waals surface area contributed by atoms with Gasteiger partial charge < -0.3 is 4.90 Å². The van der Waals surface area contributed by atoms with E-state index in [4.69, 9.17) is 23.2 Å². The van der Waals surface area contributed by atoms with Gasteiger partial charge in [0, 0.05) is 34.7 Å². The average molecular weight is 551 g/mol. The summed E-state index contributed by atoms with van der Waals surface area (Å²) in [5.41, 5.74) is 0.526. The summed E-state index contributed by atoms with van der Waals surface area (Å²) in [6, 6.07) is 17.5. The van der Waals surface area contributed by atoms with Gasteiger partial charge in [0.2, 0.25) is 5.91 Å². The maximum absolute atomic E-state index is 13.9. The maximum atomic E-state index is 13.9. The van der Waals surface area contributed by atoms with Gasteiger partial charge in [-0.1, -0.05) is 95.1 Å². The largest absolute Gasteiger partial charge is 0.331 e. The Bertz CT molecular complexity index is 965. The van der Waals surface area contributed by atoms with Gasteiger partial charge in [-0.25, -0.2) is 0 Å². The minimum atomic E-state index is -0.605. The van der Waals surface area contributed by atoms with Crippen LogP contribution in [-0.2, 0) is 9.59 Å². The van der Waals surface area contributed by atoms with Crippen LogP contribution < -0.4 is 0 Å². The van der Waals surface area contributed by atoms with E-state index in [1.807, 2.05) is 80.2 Å². The van der Waals surface area contributed by atoms with Gasteiger partial charge in [-0.05, 0) is 53.8 Å². The number of ketones is 1. The molecular formula is C30H41Cl2NO2S. The molecule has 6 heteroatoms. The van der Waals surface area contributed by atoms with E-state index in [1.165, 1.54) is 0 Å². The number of hydrogen-bond donors (Lipinski definition) is 0. The van der Waals surface area contributed by atoms with Crippen LogP contribution in [-0.4, -0.2) is 33.6 Å². The Balaban J connectivity index is 0.000000558. The molecule has 0 radical (unpaired) electrons. The number of carbonyl (C=O) groups is 2. The molecule has 2 aromatic rings. The van der Waals surface area contributed by atoms with Crippen LogP contribution in [0.15, 0.2) is 54.6 Å². The van der Waals surface area contributed by atoms with Crippen LogP contribution in [0.3, 0.4) is 0 Å². The second-order valence-corrected chi connectivity index (χ2v) is 12.9. The summed E-state index contributed by atoms with van der Waals surface area (Å²) >= 11 is 13.5. The zero-order valence-electron chi connectivity index (χ0n) is 22.5. The molecule has 3 rings (SSSR count). The maximum Gasteiger partial charge on any atom is 0.229 e. The molecule has 0 saturated carbocycles. The number of amides is 1. The molecule has 2 aromatic carbocycles. The Morgan fingerprint density at radius 2 is 1.61 bits per heavy atom. The summed E-state index contributed by atoms with van der Waals surface area (Å²) in [7, 11) is 0. The molecule has 1 saturated heterocycles. The van der Waals surface area contributed by atoms with Gasteiger partial charge in [0.1, 0.15) is 5.78 Å². The predicted octanol–water partition coefficient (Wildman–Crippen LogP) is 8.89. The second-order valence-electron chi connectivity index (χ2n) is 10.4. The van der Waals surface area contributed by atoms with Gasteiger partial charge in [0.25, 0.3) is 0 Å². The van der Waals surface area contributed by atoms with Crippen molar-refractivity contribution in [1.29, 1.82) is 0 Å². The highest BCUT2D eigenvalue weighted by atomic mass is 35.5. The number of likely N-dealkylation sites (tertiary alicyclic amines) is 1. The van der Waals surface area contributed by atoms with Crippen LogP contribution in [0.25, 0.3) is 0 Å². The number of hydrogen-bond acceptors (Lipinski definition) is 3. The third-order valence-electron chi connectivity index (χ3n) is 6.75.